The molecule has 1 amide bonds. The fourth-order valence-corrected chi connectivity index (χ4v) is 2.46. The number of nitrogens with zero attached hydrogens (tertiary/aromatic N) is 1. The van der Waals surface area contributed by atoms with Crippen molar-refractivity contribution in [3.8, 4) is 0 Å². The Morgan fingerprint density at radius 2 is 2.06 bits per heavy atom. The first kappa shape index (κ1) is 13.1. The van der Waals surface area contributed by atoms with Gasteiger partial charge in [0, 0.05) is 11.4 Å². The molecule has 1 aliphatic rings. The van der Waals surface area contributed by atoms with Gasteiger partial charge in [-0.1, -0.05) is 12.1 Å². The number of carbonyl (C=O) groups is 1. The lowest BCUT2D eigenvalue weighted by Gasteiger charge is -2.08. The third-order valence-corrected chi connectivity index (χ3v) is 3.77. The third kappa shape index (κ3) is 2.57. The first-order valence-electron chi connectivity index (χ1n) is 5.64. The number of thiocarbonyl (C=S) groups is 1. The molecule has 0 aromatic heterocycles. The molecule has 18 heavy (non-hydrogen) atoms. The van der Waals surface area contributed by atoms with E-state index in [1.165, 1.54) is 4.90 Å². The average Bonchev–Trinajstić information content (AvgIpc) is 2.65. The Balaban J connectivity index is 2.23. The maximum Gasteiger partial charge on any atom is 0.276 e. The van der Waals surface area contributed by atoms with Crippen LogP contribution < -0.4 is 5.32 Å². The number of nitrogens with one attached hydrogen (secondary N) is 1. The molecular weight excluding hydrogens is 264 g/mol. The van der Waals surface area contributed by atoms with Gasteiger partial charge in [0.25, 0.3) is 5.91 Å². The Morgan fingerprint density at radius 3 is 2.56 bits per heavy atom. The lowest BCUT2D eigenvalue weighted by atomic mass is 10.2. The Morgan fingerprint density at radius 1 is 1.39 bits per heavy atom. The molecular formula is C13H14N2OS2. The maximum atomic E-state index is 12.0. The molecule has 1 saturated heterocycles. The van der Waals surface area contributed by atoms with E-state index in [-0.39, 0.29) is 5.91 Å². The van der Waals surface area contributed by atoms with Crippen LogP contribution in [-0.4, -0.2) is 28.7 Å². The second-order valence-electron chi connectivity index (χ2n) is 3.81. The Bertz CT molecular complexity index is 508. The molecule has 1 fully saturated rings. The number of hydrogen-bond acceptors (Lipinski definition) is 3. The van der Waals surface area contributed by atoms with Crippen LogP contribution in [0.15, 0.2) is 34.9 Å². The van der Waals surface area contributed by atoms with Gasteiger partial charge in [0.1, 0.15) is 5.70 Å². The van der Waals surface area contributed by atoms with Gasteiger partial charge in [-0.15, -0.1) is 11.8 Å². The molecule has 0 spiro atoms. The first-order valence-corrected chi connectivity index (χ1v) is 7.27. The van der Waals surface area contributed by atoms with Gasteiger partial charge < -0.3 is 5.32 Å². The molecule has 0 atom stereocenters. The Kier molecular flexibility index (Phi) is 4.04. The second kappa shape index (κ2) is 5.54. The first-order chi connectivity index (χ1) is 8.65. The summed E-state index contributed by atoms with van der Waals surface area (Å²) < 4.78 is 0. The van der Waals surface area contributed by atoms with E-state index in [1.807, 2.05) is 43.5 Å². The highest BCUT2D eigenvalue weighted by Crippen LogP contribution is 2.18. The fraction of sp³-hybridized carbons (Fsp3) is 0.231. The van der Waals surface area contributed by atoms with E-state index in [2.05, 4.69) is 5.32 Å². The fourth-order valence-electron chi connectivity index (χ4n) is 1.73. The number of thioether (sulfide) groups is 1. The molecule has 0 aliphatic carbocycles. The number of amides is 1. The molecule has 1 aliphatic heterocycles. The van der Waals surface area contributed by atoms with Gasteiger partial charge in [-0.3, -0.25) is 9.69 Å². The Labute approximate surface area is 116 Å². The summed E-state index contributed by atoms with van der Waals surface area (Å²) in [7, 11) is 0. The van der Waals surface area contributed by atoms with Crippen molar-refractivity contribution in [2.75, 3.05) is 12.8 Å². The number of benzene rings is 1. The monoisotopic (exact) mass is 278 g/mol. The number of hydrogen-bond donors (Lipinski definition) is 1. The van der Waals surface area contributed by atoms with Gasteiger partial charge in [-0.25, -0.2) is 0 Å². The minimum Gasteiger partial charge on any atom is -0.328 e. The van der Waals surface area contributed by atoms with Gasteiger partial charge in [0.2, 0.25) is 0 Å². The number of rotatable bonds is 3. The van der Waals surface area contributed by atoms with Crippen molar-refractivity contribution in [2.24, 2.45) is 0 Å². The lowest BCUT2D eigenvalue weighted by Crippen LogP contribution is -2.30. The molecule has 1 aromatic rings. The van der Waals surface area contributed by atoms with E-state index in [0.29, 0.717) is 17.4 Å². The SMILES string of the molecule is CCN1C(=O)/C(=C/c2ccc(SC)cc2)NC1=S. The molecule has 0 unspecified atom stereocenters. The van der Waals surface area contributed by atoms with Crippen molar-refractivity contribution in [3.63, 3.8) is 0 Å². The molecule has 2 rings (SSSR count). The molecule has 0 bridgehead atoms. The third-order valence-electron chi connectivity index (χ3n) is 2.71. The minimum absolute atomic E-state index is 0.0588. The van der Waals surface area contributed by atoms with E-state index < -0.39 is 0 Å². The molecule has 0 radical (unpaired) electrons. The van der Waals surface area contributed by atoms with Crippen molar-refractivity contribution in [1.29, 1.82) is 0 Å². The zero-order chi connectivity index (χ0) is 13.1. The smallest absolute Gasteiger partial charge is 0.276 e. The van der Waals surface area contributed by atoms with Gasteiger partial charge in [-0.05, 0) is 49.2 Å². The number of carbonyl (C=O) groups excluding carboxylic acids is 1. The van der Waals surface area contributed by atoms with Crippen molar-refractivity contribution in [2.45, 2.75) is 11.8 Å². The molecule has 5 heteroatoms. The highest BCUT2D eigenvalue weighted by Gasteiger charge is 2.28. The van der Waals surface area contributed by atoms with E-state index in [9.17, 15) is 4.79 Å². The van der Waals surface area contributed by atoms with Crippen LogP contribution in [0.1, 0.15) is 12.5 Å². The highest BCUT2D eigenvalue weighted by molar-refractivity contribution is 7.98. The van der Waals surface area contributed by atoms with Gasteiger partial charge >= 0.3 is 0 Å². The van der Waals surface area contributed by atoms with E-state index >= 15 is 0 Å². The van der Waals surface area contributed by atoms with Crippen LogP contribution in [0.2, 0.25) is 0 Å². The Hall–Kier alpha value is -1.33. The van der Waals surface area contributed by atoms with Crippen molar-refractivity contribution in [1.82, 2.24) is 10.2 Å². The summed E-state index contributed by atoms with van der Waals surface area (Å²) in [5, 5.41) is 3.43. The van der Waals surface area contributed by atoms with Crippen LogP contribution in [-0.2, 0) is 4.79 Å². The van der Waals surface area contributed by atoms with Gasteiger partial charge in [0.05, 0.1) is 0 Å². The van der Waals surface area contributed by atoms with Crippen molar-refractivity contribution < 1.29 is 4.79 Å². The summed E-state index contributed by atoms with van der Waals surface area (Å²) >= 11 is 6.79. The van der Waals surface area contributed by atoms with Crippen molar-refractivity contribution in [3.05, 3.63) is 35.5 Å². The minimum atomic E-state index is -0.0588. The van der Waals surface area contributed by atoms with E-state index in [1.54, 1.807) is 16.7 Å². The molecule has 1 heterocycles. The van der Waals surface area contributed by atoms with Crippen LogP contribution >= 0.6 is 24.0 Å². The maximum absolute atomic E-state index is 12.0. The van der Waals surface area contributed by atoms with E-state index in [4.69, 9.17) is 12.2 Å². The largest absolute Gasteiger partial charge is 0.328 e. The molecule has 3 nitrogen and oxygen atoms in total. The summed E-state index contributed by atoms with van der Waals surface area (Å²) in [6, 6.07) is 8.05. The molecule has 1 aromatic carbocycles. The standard InChI is InChI=1S/C13H14N2OS2/c1-3-15-12(16)11(14-13(15)17)8-9-4-6-10(18-2)7-5-9/h4-8H,3H2,1-2H3,(H,14,17)/b11-8-. The lowest BCUT2D eigenvalue weighted by molar-refractivity contribution is -0.122. The zero-order valence-corrected chi connectivity index (χ0v) is 11.9. The van der Waals surface area contributed by atoms with Crippen LogP contribution in [0.5, 0.6) is 0 Å². The topological polar surface area (TPSA) is 32.3 Å². The summed E-state index contributed by atoms with van der Waals surface area (Å²) in [5.41, 5.74) is 1.53. The summed E-state index contributed by atoms with van der Waals surface area (Å²) in [4.78, 5) is 14.7. The summed E-state index contributed by atoms with van der Waals surface area (Å²) in [6.07, 6.45) is 3.86. The second-order valence-corrected chi connectivity index (χ2v) is 5.08. The number of likely N-dealkylation sites (N-methyl/N-ethyl adjacent to an activating group) is 1. The highest BCUT2D eigenvalue weighted by atomic mass is 32.2. The normalized spacial score (nSPS) is 17.4. The molecule has 94 valence electrons. The zero-order valence-electron chi connectivity index (χ0n) is 10.3. The predicted molar refractivity (Wildman–Crippen MR) is 79.3 cm³/mol. The van der Waals surface area contributed by atoms with Gasteiger partial charge in [0.15, 0.2) is 5.11 Å². The molecule has 0 saturated carbocycles. The average molecular weight is 278 g/mol. The van der Waals surface area contributed by atoms with Crippen LogP contribution in [0.25, 0.3) is 6.08 Å². The van der Waals surface area contributed by atoms with E-state index in [0.717, 1.165) is 5.56 Å². The van der Waals surface area contributed by atoms with Crippen molar-refractivity contribution >= 4 is 41.1 Å². The summed E-state index contributed by atoms with van der Waals surface area (Å²) in [5.74, 6) is -0.0588. The predicted octanol–water partition coefficient (Wildman–Crippen LogP) is 2.49. The molecule has 1 N–H and O–H groups in total. The van der Waals surface area contributed by atoms with Crippen LogP contribution in [0.4, 0.5) is 0 Å². The van der Waals surface area contributed by atoms with Crippen LogP contribution in [0, 0.1) is 0 Å². The summed E-state index contributed by atoms with van der Waals surface area (Å²) in [6.45, 7) is 2.50. The van der Waals surface area contributed by atoms with Gasteiger partial charge in [-0.2, -0.15) is 0 Å². The quantitative estimate of drug-likeness (QED) is 0.523. The van der Waals surface area contributed by atoms with Crippen LogP contribution in [0.3, 0.4) is 0 Å².